The second-order valence-electron chi connectivity index (χ2n) is 5.79. The van der Waals surface area contributed by atoms with E-state index in [1.54, 1.807) is 0 Å². The van der Waals surface area contributed by atoms with Crippen molar-refractivity contribution in [2.75, 3.05) is 0 Å². The molecule has 5 N–H and O–H groups in total. The van der Waals surface area contributed by atoms with Gasteiger partial charge in [-0.25, -0.2) is 4.79 Å². The number of benzene rings is 1. The smallest absolute Gasteiger partial charge is 0.326 e. The van der Waals surface area contributed by atoms with Gasteiger partial charge in [0.2, 0.25) is 17.7 Å². The molecule has 3 amide bonds. The van der Waals surface area contributed by atoms with Crippen LogP contribution >= 0.6 is 0 Å². The highest BCUT2D eigenvalue weighted by Crippen LogP contribution is 2.13. The first-order valence-electron chi connectivity index (χ1n) is 7.92. The number of carbonyl (C=O) groups excluding carboxylic acids is 3. The molecule has 0 saturated heterocycles. The van der Waals surface area contributed by atoms with Gasteiger partial charge in [0.15, 0.2) is 0 Å². The molecular formula is C16H20N4O7. The van der Waals surface area contributed by atoms with E-state index in [4.69, 9.17) is 10.8 Å². The maximum absolute atomic E-state index is 12.4. The third kappa shape index (κ3) is 7.50. The molecule has 0 fully saturated rings. The molecule has 11 nitrogen and oxygen atoms in total. The quantitative estimate of drug-likeness (QED) is 0.311. The highest BCUT2D eigenvalue weighted by molar-refractivity contribution is 5.90. The van der Waals surface area contributed by atoms with Gasteiger partial charge in [-0.1, -0.05) is 12.1 Å². The standard InChI is InChI=1S/C16H20N4O7/c1-9(21)18-13(8-10-2-4-11(5-3-10)20(26)27)15(23)19-12(16(24)25)6-7-14(17)22/h2-5,12-13H,6-8H2,1H3,(H2,17,22)(H,18,21)(H,19,23)(H,24,25)/t12-,13-/m0/s1. The Bertz CT molecular complexity index is 733. The Morgan fingerprint density at radius 2 is 1.74 bits per heavy atom. The van der Waals surface area contributed by atoms with E-state index in [-0.39, 0.29) is 24.9 Å². The first-order chi connectivity index (χ1) is 12.6. The van der Waals surface area contributed by atoms with Crippen molar-refractivity contribution in [1.29, 1.82) is 0 Å². The minimum Gasteiger partial charge on any atom is -0.480 e. The van der Waals surface area contributed by atoms with Crippen molar-refractivity contribution in [3.05, 3.63) is 39.9 Å². The highest BCUT2D eigenvalue weighted by atomic mass is 16.6. The van der Waals surface area contributed by atoms with E-state index in [2.05, 4.69) is 10.6 Å². The Hall–Kier alpha value is -3.50. The van der Waals surface area contributed by atoms with Crippen molar-refractivity contribution >= 4 is 29.4 Å². The van der Waals surface area contributed by atoms with Crippen molar-refractivity contribution < 1.29 is 29.2 Å². The molecule has 0 aromatic heterocycles. The lowest BCUT2D eigenvalue weighted by Gasteiger charge is -2.21. The summed E-state index contributed by atoms with van der Waals surface area (Å²) in [7, 11) is 0. The molecule has 0 aliphatic heterocycles. The Balaban J connectivity index is 2.88. The summed E-state index contributed by atoms with van der Waals surface area (Å²) < 4.78 is 0. The van der Waals surface area contributed by atoms with Gasteiger partial charge in [0, 0.05) is 31.9 Å². The number of hydrogen-bond donors (Lipinski definition) is 4. The molecule has 0 bridgehead atoms. The van der Waals surface area contributed by atoms with Crippen LogP contribution in [0.3, 0.4) is 0 Å². The van der Waals surface area contributed by atoms with Crippen molar-refractivity contribution in [1.82, 2.24) is 10.6 Å². The summed E-state index contributed by atoms with van der Waals surface area (Å²) in [5.74, 6) is -3.33. The number of nitrogens with two attached hydrogens (primary N) is 1. The molecule has 0 aliphatic carbocycles. The second-order valence-corrected chi connectivity index (χ2v) is 5.79. The molecule has 1 rings (SSSR count). The van der Waals surface area contributed by atoms with E-state index >= 15 is 0 Å². The number of amides is 3. The summed E-state index contributed by atoms with van der Waals surface area (Å²) in [5.41, 5.74) is 5.38. The molecule has 0 aliphatic rings. The van der Waals surface area contributed by atoms with Crippen LogP contribution in [0.15, 0.2) is 24.3 Å². The molecule has 1 aromatic rings. The summed E-state index contributed by atoms with van der Waals surface area (Å²) in [6.45, 7) is 1.19. The van der Waals surface area contributed by atoms with Crippen LogP contribution in [0, 0.1) is 10.1 Å². The number of nitro benzene ring substituents is 1. The SMILES string of the molecule is CC(=O)N[C@@H](Cc1ccc([N+](=O)[O-])cc1)C(=O)N[C@@H](CCC(N)=O)C(=O)O. The van der Waals surface area contributed by atoms with E-state index < -0.39 is 40.7 Å². The molecule has 2 atom stereocenters. The first-order valence-corrected chi connectivity index (χ1v) is 7.92. The van der Waals surface area contributed by atoms with Crippen LogP contribution in [-0.4, -0.2) is 45.8 Å². The molecule has 0 unspecified atom stereocenters. The largest absolute Gasteiger partial charge is 0.480 e. The van der Waals surface area contributed by atoms with Crippen LogP contribution in [-0.2, 0) is 25.6 Å². The number of carboxylic acids is 1. The van der Waals surface area contributed by atoms with E-state index in [0.717, 1.165) is 0 Å². The number of aliphatic carboxylic acids is 1. The average Bonchev–Trinajstić information content (AvgIpc) is 2.57. The van der Waals surface area contributed by atoms with Crippen LogP contribution in [0.1, 0.15) is 25.3 Å². The monoisotopic (exact) mass is 380 g/mol. The number of hydrogen-bond acceptors (Lipinski definition) is 6. The summed E-state index contributed by atoms with van der Waals surface area (Å²) in [6.07, 6.45) is -0.434. The fraction of sp³-hybridized carbons (Fsp3) is 0.375. The normalized spacial score (nSPS) is 12.5. The maximum Gasteiger partial charge on any atom is 0.326 e. The third-order valence-electron chi connectivity index (χ3n) is 3.57. The lowest BCUT2D eigenvalue weighted by molar-refractivity contribution is -0.384. The molecule has 1 aromatic carbocycles. The summed E-state index contributed by atoms with van der Waals surface area (Å²) in [5, 5.41) is 24.5. The Kier molecular flexibility index (Phi) is 7.86. The van der Waals surface area contributed by atoms with Gasteiger partial charge in [-0.3, -0.25) is 24.5 Å². The molecule has 0 spiro atoms. The highest BCUT2D eigenvalue weighted by Gasteiger charge is 2.26. The summed E-state index contributed by atoms with van der Waals surface area (Å²) >= 11 is 0. The fourth-order valence-corrected chi connectivity index (χ4v) is 2.26. The maximum atomic E-state index is 12.4. The Morgan fingerprint density at radius 1 is 1.15 bits per heavy atom. The first kappa shape index (κ1) is 21.5. The molecule has 11 heteroatoms. The lowest BCUT2D eigenvalue weighted by atomic mass is 10.0. The molecule has 0 radical (unpaired) electrons. The molecule has 27 heavy (non-hydrogen) atoms. The Labute approximate surface area is 154 Å². The van der Waals surface area contributed by atoms with Gasteiger partial charge >= 0.3 is 5.97 Å². The van der Waals surface area contributed by atoms with Crippen LogP contribution in [0.25, 0.3) is 0 Å². The van der Waals surface area contributed by atoms with Gasteiger partial charge in [-0.2, -0.15) is 0 Å². The van der Waals surface area contributed by atoms with Crippen LogP contribution < -0.4 is 16.4 Å². The van der Waals surface area contributed by atoms with Gasteiger partial charge in [0.05, 0.1) is 4.92 Å². The minimum absolute atomic E-state index is 0.00837. The predicted molar refractivity (Wildman–Crippen MR) is 92.4 cm³/mol. The lowest BCUT2D eigenvalue weighted by Crippen LogP contribution is -2.52. The van der Waals surface area contributed by atoms with E-state index in [0.29, 0.717) is 5.56 Å². The van der Waals surface area contributed by atoms with Crippen LogP contribution in [0.5, 0.6) is 0 Å². The second kappa shape index (κ2) is 9.85. The van der Waals surface area contributed by atoms with Gasteiger partial charge in [0.25, 0.3) is 5.69 Å². The zero-order chi connectivity index (χ0) is 20.6. The van der Waals surface area contributed by atoms with E-state index in [1.165, 1.54) is 31.2 Å². The zero-order valence-electron chi connectivity index (χ0n) is 14.5. The number of nitrogens with zero attached hydrogens (tertiary/aromatic N) is 1. The van der Waals surface area contributed by atoms with Crippen molar-refractivity contribution in [2.45, 2.75) is 38.3 Å². The fourth-order valence-electron chi connectivity index (χ4n) is 2.26. The van der Waals surface area contributed by atoms with E-state index in [9.17, 15) is 29.3 Å². The number of primary amides is 1. The number of rotatable bonds is 10. The number of carbonyl (C=O) groups is 4. The predicted octanol–water partition coefficient (Wildman–Crippen LogP) is -0.523. The summed E-state index contributed by atoms with van der Waals surface area (Å²) in [6, 6.07) is 2.93. The number of nitro groups is 1. The van der Waals surface area contributed by atoms with Crippen LogP contribution in [0.4, 0.5) is 5.69 Å². The molecule has 0 heterocycles. The molecular weight excluding hydrogens is 360 g/mol. The number of non-ortho nitro benzene ring substituents is 1. The topological polar surface area (TPSA) is 182 Å². The Morgan fingerprint density at radius 3 is 2.19 bits per heavy atom. The minimum atomic E-state index is -1.35. The average molecular weight is 380 g/mol. The van der Waals surface area contributed by atoms with Gasteiger partial charge in [-0.15, -0.1) is 0 Å². The van der Waals surface area contributed by atoms with E-state index in [1.807, 2.05) is 0 Å². The van der Waals surface area contributed by atoms with Crippen molar-refractivity contribution in [2.24, 2.45) is 5.73 Å². The molecule has 0 saturated carbocycles. The molecule has 146 valence electrons. The van der Waals surface area contributed by atoms with Crippen LogP contribution in [0.2, 0.25) is 0 Å². The zero-order valence-corrected chi connectivity index (χ0v) is 14.5. The number of carboxylic acid groups (broad SMARTS) is 1. The van der Waals surface area contributed by atoms with Crippen molar-refractivity contribution in [3.63, 3.8) is 0 Å². The third-order valence-corrected chi connectivity index (χ3v) is 3.57. The van der Waals surface area contributed by atoms with Gasteiger partial charge < -0.3 is 21.5 Å². The van der Waals surface area contributed by atoms with Crippen molar-refractivity contribution in [3.8, 4) is 0 Å². The number of nitrogens with one attached hydrogen (secondary N) is 2. The summed E-state index contributed by atoms with van der Waals surface area (Å²) in [4.78, 5) is 55.9. The van der Waals surface area contributed by atoms with Gasteiger partial charge in [-0.05, 0) is 12.0 Å². The van der Waals surface area contributed by atoms with Gasteiger partial charge in [0.1, 0.15) is 12.1 Å².